The summed E-state index contributed by atoms with van der Waals surface area (Å²) >= 11 is 0. The Morgan fingerprint density at radius 2 is 1.69 bits per heavy atom. The predicted octanol–water partition coefficient (Wildman–Crippen LogP) is 4.89. The number of hydrogen-bond donors (Lipinski definition) is 1. The molecule has 0 saturated carbocycles. The van der Waals surface area contributed by atoms with E-state index in [1.807, 2.05) is 51.1 Å². The maximum absolute atomic E-state index is 12.8. The van der Waals surface area contributed by atoms with Gasteiger partial charge in [0.05, 0.1) is 10.8 Å². The molecule has 0 radical (unpaired) electrons. The van der Waals surface area contributed by atoms with Gasteiger partial charge >= 0.3 is 0 Å². The third kappa shape index (κ3) is 3.72. The maximum Gasteiger partial charge on any atom is 0.262 e. The molecule has 0 aliphatic rings. The van der Waals surface area contributed by atoms with E-state index < -0.39 is 0 Å². The van der Waals surface area contributed by atoms with E-state index in [9.17, 15) is 9.59 Å². The Labute approximate surface area is 167 Å². The lowest BCUT2D eigenvalue weighted by Gasteiger charge is -2.10. The van der Waals surface area contributed by atoms with Crippen LogP contribution < -0.4 is 15.5 Å². The Bertz CT molecular complexity index is 1290. The fraction of sp³-hybridized carbons (Fsp3) is 0.167. The van der Waals surface area contributed by atoms with Crippen molar-refractivity contribution in [3.05, 3.63) is 81.5 Å². The number of hydrogen-bond acceptors (Lipinski definition) is 4. The summed E-state index contributed by atoms with van der Waals surface area (Å²) in [6.45, 7) is 5.78. The zero-order valence-electron chi connectivity index (χ0n) is 16.5. The summed E-state index contributed by atoms with van der Waals surface area (Å²) in [7, 11) is 0. The second-order valence-electron chi connectivity index (χ2n) is 7.18. The predicted molar refractivity (Wildman–Crippen MR) is 115 cm³/mol. The largest absolute Gasteiger partial charge is 0.484 e. The molecule has 146 valence electrons. The van der Waals surface area contributed by atoms with E-state index in [2.05, 4.69) is 5.32 Å². The van der Waals surface area contributed by atoms with Crippen molar-refractivity contribution in [2.24, 2.45) is 0 Å². The molecule has 1 N–H and O–H groups in total. The molecule has 0 saturated heterocycles. The third-order valence-electron chi connectivity index (χ3n) is 5.03. The summed E-state index contributed by atoms with van der Waals surface area (Å²) in [5.74, 6) is 0.340. The average Bonchev–Trinajstić information content (AvgIpc) is 2.71. The van der Waals surface area contributed by atoms with Gasteiger partial charge in [-0.2, -0.15) is 0 Å². The number of carbonyl (C=O) groups excluding carboxylic acids is 1. The molecule has 1 aromatic heterocycles. The van der Waals surface area contributed by atoms with Crippen molar-refractivity contribution >= 4 is 33.5 Å². The van der Waals surface area contributed by atoms with Gasteiger partial charge in [0.2, 0.25) is 5.43 Å². The molecule has 5 heteroatoms. The molecule has 0 fully saturated rings. The molecule has 0 spiro atoms. The van der Waals surface area contributed by atoms with E-state index in [-0.39, 0.29) is 17.9 Å². The van der Waals surface area contributed by atoms with Crippen LogP contribution in [0.25, 0.3) is 21.9 Å². The molecule has 5 nitrogen and oxygen atoms in total. The number of amides is 1. The van der Waals surface area contributed by atoms with Gasteiger partial charge in [0, 0.05) is 11.8 Å². The summed E-state index contributed by atoms with van der Waals surface area (Å²) in [4.78, 5) is 25.0. The first-order valence-electron chi connectivity index (χ1n) is 9.38. The third-order valence-corrected chi connectivity index (χ3v) is 5.03. The number of rotatable bonds is 4. The number of carbonyl (C=O) groups is 1. The second kappa shape index (κ2) is 7.43. The minimum absolute atomic E-state index is 0.0788. The van der Waals surface area contributed by atoms with Crippen LogP contribution in [-0.2, 0) is 4.79 Å². The zero-order valence-corrected chi connectivity index (χ0v) is 16.5. The van der Waals surface area contributed by atoms with Crippen molar-refractivity contribution in [1.82, 2.24) is 0 Å². The average molecular weight is 387 g/mol. The first-order chi connectivity index (χ1) is 13.9. The monoisotopic (exact) mass is 387 g/mol. The van der Waals surface area contributed by atoms with Crippen LogP contribution in [0.3, 0.4) is 0 Å². The highest BCUT2D eigenvalue weighted by Gasteiger charge is 2.12. The van der Waals surface area contributed by atoms with Gasteiger partial charge in [0.1, 0.15) is 16.9 Å². The molecule has 0 aliphatic heterocycles. The number of anilines is 1. The van der Waals surface area contributed by atoms with E-state index in [0.717, 1.165) is 16.7 Å². The van der Waals surface area contributed by atoms with Crippen LogP contribution in [0.4, 0.5) is 5.69 Å². The molecule has 0 atom stereocenters. The fourth-order valence-corrected chi connectivity index (χ4v) is 3.21. The number of aryl methyl sites for hydroxylation is 3. The highest BCUT2D eigenvalue weighted by atomic mass is 16.5. The van der Waals surface area contributed by atoms with Crippen LogP contribution in [0, 0.1) is 20.8 Å². The van der Waals surface area contributed by atoms with Crippen LogP contribution >= 0.6 is 0 Å². The number of benzene rings is 3. The van der Waals surface area contributed by atoms with Crippen LogP contribution in [0.2, 0.25) is 0 Å². The summed E-state index contributed by atoms with van der Waals surface area (Å²) in [6, 6.07) is 16.2. The van der Waals surface area contributed by atoms with Crippen molar-refractivity contribution in [3.63, 3.8) is 0 Å². The van der Waals surface area contributed by atoms with E-state index in [1.165, 1.54) is 0 Å². The maximum atomic E-state index is 12.8. The number of fused-ring (bicyclic) bond motifs is 2. The highest BCUT2D eigenvalue weighted by molar-refractivity contribution is 5.96. The van der Waals surface area contributed by atoms with E-state index >= 15 is 0 Å². The zero-order chi connectivity index (χ0) is 20.5. The molecular formula is C24H21NO4. The van der Waals surface area contributed by atoms with Crippen molar-refractivity contribution < 1.29 is 13.9 Å². The van der Waals surface area contributed by atoms with Crippen molar-refractivity contribution in [2.45, 2.75) is 20.8 Å². The van der Waals surface area contributed by atoms with Gasteiger partial charge in [-0.1, -0.05) is 23.8 Å². The lowest BCUT2D eigenvalue weighted by Crippen LogP contribution is -2.20. The molecule has 29 heavy (non-hydrogen) atoms. The number of ether oxygens (including phenoxy) is 1. The Hall–Kier alpha value is -3.60. The number of nitrogens with one attached hydrogen (secondary N) is 1. The molecule has 0 bridgehead atoms. The first-order valence-corrected chi connectivity index (χ1v) is 9.38. The Balaban J connectivity index is 1.58. The summed E-state index contributed by atoms with van der Waals surface area (Å²) in [5.41, 5.74) is 4.59. The SMILES string of the molecule is Cc1ccc(OCC(=O)Nc2ccc3c(=O)c4ccc(C)c(C)c4oc3c2)cc1. The van der Waals surface area contributed by atoms with Crippen LogP contribution in [-0.4, -0.2) is 12.5 Å². The Morgan fingerprint density at radius 1 is 0.966 bits per heavy atom. The van der Waals surface area contributed by atoms with E-state index in [0.29, 0.717) is 33.4 Å². The lowest BCUT2D eigenvalue weighted by molar-refractivity contribution is -0.118. The standard InChI is InChI=1S/C24H21NO4/c1-14-4-8-18(9-5-14)28-13-22(26)25-17-7-11-19-21(12-17)29-24-16(3)15(2)6-10-20(24)23(19)27/h4-12H,13H2,1-3H3,(H,25,26). The van der Waals surface area contributed by atoms with Gasteiger partial charge in [-0.25, -0.2) is 0 Å². The van der Waals surface area contributed by atoms with E-state index in [1.54, 1.807) is 24.3 Å². The molecule has 4 rings (SSSR count). The van der Waals surface area contributed by atoms with Gasteiger partial charge in [-0.15, -0.1) is 0 Å². The van der Waals surface area contributed by atoms with Crippen molar-refractivity contribution in [1.29, 1.82) is 0 Å². The van der Waals surface area contributed by atoms with Gasteiger partial charge < -0.3 is 14.5 Å². The van der Waals surface area contributed by atoms with Crippen molar-refractivity contribution in [2.75, 3.05) is 11.9 Å². The van der Waals surface area contributed by atoms with E-state index in [4.69, 9.17) is 9.15 Å². The van der Waals surface area contributed by atoms with Crippen LogP contribution in [0.1, 0.15) is 16.7 Å². The molecule has 3 aromatic carbocycles. The molecule has 0 unspecified atom stereocenters. The molecule has 4 aromatic rings. The van der Waals surface area contributed by atoms with Gasteiger partial charge in [-0.05, 0) is 62.2 Å². The highest BCUT2D eigenvalue weighted by Crippen LogP contribution is 2.25. The molecule has 1 amide bonds. The second-order valence-corrected chi connectivity index (χ2v) is 7.18. The van der Waals surface area contributed by atoms with Crippen molar-refractivity contribution in [3.8, 4) is 5.75 Å². The molecule has 0 aliphatic carbocycles. The Kier molecular flexibility index (Phi) is 4.80. The Morgan fingerprint density at radius 3 is 2.45 bits per heavy atom. The molecule has 1 heterocycles. The quantitative estimate of drug-likeness (QED) is 0.506. The normalized spacial score (nSPS) is 11.0. The van der Waals surface area contributed by atoms with Crippen LogP contribution in [0.5, 0.6) is 5.75 Å². The smallest absolute Gasteiger partial charge is 0.262 e. The van der Waals surface area contributed by atoms with Crippen LogP contribution in [0.15, 0.2) is 63.8 Å². The molecular weight excluding hydrogens is 366 g/mol. The first kappa shape index (κ1) is 18.7. The van der Waals surface area contributed by atoms with Gasteiger partial charge in [-0.3, -0.25) is 9.59 Å². The lowest BCUT2D eigenvalue weighted by atomic mass is 10.0. The summed E-state index contributed by atoms with van der Waals surface area (Å²) in [6.07, 6.45) is 0. The van der Waals surface area contributed by atoms with Gasteiger partial charge in [0.15, 0.2) is 6.61 Å². The minimum Gasteiger partial charge on any atom is -0.484 e. The van der Waals surface area contributed by atoms with Gasteiger partial charge in [0.25, 0.3) is 5.91 Å². The summed E-state index contributed by atoms with van der Waals surface area (Å²) in [5, 5.41) is 3.82. The topological polar surface area (TPSA) is 68.5 Å². The summed E-state index contributed by atoms with van der Waals surface area (Å²) < 4.78 is 11.5. The minimum atomic E-state index is -0.292. The fourth-order valence-electron chi connectivity index (χ4n) is 3.21.